The molecule has 1 fully saturated rings. The maximum atomic E-state index is 6.02. The van der Waals surface area contributed by atoms with E-state index < -0.39 is 0 Å². The Labute approximate surface area is 127 Å². The summed E-state index contributed by atoms with van der Waals surface area (Å²) in [4.78, 5) is 0. The lowest BCUT2D eigenvalue weighted by Gasteiger charge is -2.33. The number of ether oxygens (including phenoxy) is 3. The van der Waals surface area contributed by atoms with Crippen LogP contribution < -0.4 is 14.8 Å². The fourth-order valence-electron chi connectivity index (χ4n) is 2.98. The molecule has 0 spiro atoms. The molecule has 1 saturated heterocycles. The summed E-state index contributed by atoms with van der Waals surface area (Å²) in [6.45, 7) is 3.01. The minimum absolute atomic E-state index is 0.128. The van der Waals surface area contributed by atoms with Gasteiger partial charge in [0.15, 0.2) is 11.5 Å². The van der Waals surface area contributed by atoms with Crippen molar-refractivity contribution < 1.29 is 14.2 Å². The molecule has 0 bridgehead atoms. The summed E-state index contributed by atoms with van der Waals surface area (Å²) in [5.74, 6) is 2.13. The largest absolute Gasteiger partial charge is 0.486 e. The Bertz CT molecular complexity index is 478. The summed E-state index contributed by atoms with van der Waals surface area (Å²) < 4.78 is 18.3. The first kappa shape index (κ1) is 14.2. The monoisotopic (exact) mass is 341 g/mol. The molecular formula is C15H20BrNO3. The van der Waals surface area contributed by atoms with Gasteiger partial charge in [0.25, 0.3) is 0 Å². The molecule has 2 aliphatic heterocycles. The second-order valence-electron chi connectivity index (χ2n) is 5.28. The van der Waals surface area contributed by atoms with Crippen molar-refractivity contribution in [3.05, 3.63) is 22.2 Å². The van der Waals surface area contributed by atoms with Crippen molar-refractivity contribution in [1.82, 2.24) is 5.32 Å². The number of hydrogen-bond donors (Lipinski definition) is 1. The molecule has 1 aromatic rings. The molecule has 20 heavy (non-hydrogen) atoms. The van der Waals surface area contributed by atoms with Crippen LogP contribution in [0.5, 0.6) is 11.5 Å². The van der Waals surface area contributed by atoms with Gasteiger partial charge in [-0.25, -0.2) is 0 Å². The summed E-state index contributed by atoms with van der Waals surface area (Å²) in [5.41, 5.74) is 1.17. The highest BCUT2D eigenvalue weighted by Gasteiger charge is 2.29. The molecule has 4 nitrogen and oxygen atoms in total. The molecular weight excluding hydrogens is 322 g/mol. The molecule has 0 saturated carbocycles. The highest BCUT2D eigenvalue weighted by molar-refractivity contribution is 9.10. The Hall–Kier alpha value is -0.780. The average Bonchev–Trinajstić information content (AvgIpc) is 2.48. The Balaban J connectivity index is 1.90. The van der Waals surface area contributed by atoms with Crippen LogP contribution >= 0.6 is 15.9 Å². The van der Waals surface area contributed by atoms with Crippen molar-refractivity contribution in [3.63, 3.8) is 0 Å². The summed E-state index contributed by atoms with van der Waals surface area (Å²) in [6, 6.07) is 4.17. The van der Waals surface area contributed by atoms with Crippen LogP contribution in [0.4, 0.5) is 0 Å². The van der Waals surface area contributed by atoms with Gasteiger partial charge in [-0.2, -0.15) is 0 Å². The summed E-state index contributed by atoms with van der Waals surface area (Å²) in [6.07, 6.45) is 2.45. The fraction of sp³-hybridized carbons (Fsp3) is 0.600. The van der Waals surface area contributed by atoms with E-state index in [0.717, 1.165) is 35.5 Å². The van der Waals surface area contributed by atoms with Crippen molar-refractivity contribution in [2.45, 2.75) is 18.9 Å². The van der Waals surface area contributed by atoms with E-state index in [1.165, 1.54) is 12.0 Å². The molecule has 2 heterocycles. The Kier molecular flexibility index (Phi) is 4.48. The molecule has 2 unspecified atom stereocenters. The molecule has 1 N–H and O–H groups in total. The lowest BCUT2D eigenvalue weighted by Crippen LogP contribution is -2.30. The molecule has 3 rings (SSSR count). The van der Waals surface area contributed by atoms with Crippen molar-refractivity contribution in [3.8, 4) is 11.5 Å². The number of fused-ring (bicyclic) bond motifs is 1. The summed E-state index contributed by atoms with van der Waals surface area (Å²) >= 11 is 3.58. The molecule has 0 aliphatic carbocycles. The Morgan fingerprint density at radius 1 is 1.25 bits per heavy atom. The van der Waals surface area contributed by atoms with Crippen molar-refractivity contribution in [2.24, 2.45) is 5.92 Å². The lowest BCUT2D eigenvalue weighted by atomic mass is 9.89. The van der Waals surface area contributed by atoms with Gasteiger partial charge in [0.05, 0.1) is 10.6 Å². The normalized spacial score (nSPS) is 25.5. The standard InChI is InChI=1S/C15H20BrNO3/c1-17-9-10-3-2-4-19-14(10)11-7-12(16)15-13(8-11)18-5-6-20-15/h7-8,10,14,17H,2-6,9H2,1H3. The number of nitrogens with one attached hydrogen (secondary N) is 1. The zero-order valence-electron chi connectivity index (χ0n) is 11.7. The van der Waals surface area contributed by atoms with Gasteiger partial charge in [-0.1, -0.05) is 0 Å². The highest BCUT2D eigenvalue weighted by Crippen LogP contribution is 2.43. The van der Waals surface area contributed by atoms with E-state index in [1.54, 1.807) is 0 Å². The molecule has 0 amide bonds. The van der Waals surface area contributed by atoms with Crippen LogP contribution in [0.2, 0.25) is 0 Å². The SMILES string of the molecule is CNCC1CCCOC1c1cc(Br)c2c(c1)OCCO2. The van der Waals surface area contributed by atoms with E-state index in [1.807, 2.05) is 7.05 Å². The molecule has 0 radical (unpaired) electrons. The maximum Gasteiger partial charge on any atom is 0.175 e. The van der Waals surface area contributed by atoms with Gasteiger partial charge in [-0.15, -0.1) is 0 Å². The van der Waals surface area contributed by atoms with Crippen molar-refractivity contribution >= 4 is 15.9 Å². The second-order valence-corrected chi connectivity index (χ2v) is 6.13. The minimum Gasteiger partial charge on any atom is -0.486 e. The van der Waals surface area contributed by atoms with Crippen LogP contribution in [0.1, 0.15) is 24.5 Å². The number of benzene rings is 1. The summed E-state index contributed by atoms with van der Waals surface area (Å²) in [7, 11) is 1.99. The van der Waals surface area contributed by atoms with Gasteiger partial charge in [-0.05, 0) is 53.5 Å². The minimum atomic E-state index is 0.128. The van der Waals surface area contributed by atoms with Gasteiger partial charge in [-0.3, -0.25) is 0 Å². The van der Waals surface area contributed by atoms with Gasteiger partial charge in [0, 0.05) is 19.1 Å². The van der Waals surface area contributed by atoms with E-state index >= 15 is 0 Å². The van der Waals surface area contributed by atoms with Gasteiger partial charge in [0.1, 0.15) is 13.2 Å². The lowest BCUT2D eigenvalue weighted by molar-refractivity contribution is -0.0274. The first-order chi connectivity index (χ1) is 9.79. The Morgan fingerprint density at radius 3 is 2.95 bits per heavy atom. The van der Waals surface area contributed by atoms with E-state index in [9.17, 15) is 0 Å². The number of halogens is 1. The Morgan fingerprint density at radius 2 is 2.10 bits per heavy atom. The fourth-order valence-corrected chi connectivity index (χ4v) is 3.55. The molecule has 2 aliphatic rings. The van der Waals surface area contributed by atoms with E-state index in [-0.39, 0.29) is 6.10 Å². The third kappa shape index (κ3) is 2.80. The molecule has 5 heteroatoms. The van der Waals surface area contributed by atoms with Crippen LogP contribution in [-0.2, 0) is 4.74 Å². The first-order valence-electron chi connectivity index (χ1n) is 7.15. The number of hydrogen-bond acceptors (Lipinski definition) is 4. The highest BCUT2D eigenvalue weighted by atomic mass is 79.9. The first-order valence-corrected chi connectivity index (χ1v) is 7.94. The molecule has 110 valence electrons. The number of rotatable bonds is 3. The smallest absolute Gasteiger partial charge is 0.175 e. The maximum absolute atomic E-state index is 6.02. The molecule has 0 aromatic heterocycles. The van der Waals surface area contributed by atoms with Crippen LogP contribution in [-0.4, -0.2) is 33.4 Å². The van der Waals surface area contributed by atoms with Gasteiger partial charge < -0.3 is 19.5 Å². The van der Waals surface area contributed by atoms with E-state index in [2.05, 4.69) is 33.4 Å². The zero-order chi connectivity index (χ0) is 13.9. The van der Waals surface area contributed by atoms with E-state index in [4.69, 9.17) is 14.2 Å². The van der Waals surface area contributed by atoms with Crippen LogP contribution in [0.15, 0.2) is 16.6 Å². The third-order valence-corrected chi connectivity index (χ3v) is 4.45. The van der Waals surface area contributed by atoms with Crippen molar-refractivity contribution in [2.75, 3.05) is 33.4 Å². The predicted octanol–water partition coefficient (Wildman–Crippen LogP) is 2.91. The summed E-state index contributed by atoms with van der Waals surface area (Å²) in [5, 5.41) is 3.27. The van der Waals surface area contributed by atoms with Gasteiger partial charge in [0.2, 0.25) is 0 Å². The second kappa shape index (κ2) is 6.33. The molecule has 2 atom stereocenters. The van der Waals surface area contributed by atoms with Crippen LogP contribution in [0.3, 0.4) is 0 Å². The van der Waals surface area contributed by atoms with E-state index in [0.29, 0.717) is 19.1 Å². The zero-order valence-corrected chi connectivity index (χ0v) is 13.2. The predicted molar refractivity (Wildman–Crippen MR) is 80.5 cm³/mol. The van der Waals surface area contributed by atoms with Gasteiger partial charge >= 0.3 is 0 Å². The van der Waals surface area contributed by atoms with Crippen LogP contribution in [0, 0.1) is 5.92 Å². The van der Waals surface area contributed by atoms with Crippen molar-refractivity contribution in [1.29, 1.82) is 0 Å². The quantitative estimate of drug-likeness (QED) is 0.917. The third-order valence-electron chi connectivity index (χ3n) is 3.86. The molecule has 1 aromatic carbocycles. The average molecular weight is 342 g/mol. The van der Waals surface area contributed by atoms with Crippen LogP contribution in [0.25, 0.3) is 0 Å². The topological polar surface area (TPSA) is 39.7 Å².